The summed E-state index contributed by atoms with van der Waals surface area (Å²) in [5.74, 6) is 0.210. The Kier molecular flexibility index (Phi) is 4.90. The molecular formula is C19H28N3O2+. The Morgan fingerprint density at radius 2 is 1.79 bits per heavy atom. The fourth-order valence-corrected chi connectivity index (χ4v) is 3.99. The maximum absolute atomic E-state index is 13.3. The number of rotatable bonds is 5. The zero-order valence-corrected chi connectivity index (χ0v) is 14.7. The molecule has 1 aromatic rings. The predicted molar refractivity (Wildman–Crippen MR) is 92.4 cm³/mol. The van der Waals surface area contributed by atoms with Gasteiger partial charge in [0.05, 0.1) is 13.1 Å². The van der Waals surface area contributed by atoms with E-state index in [0.717, 1.165) is 18.7 Å². The lowest BCUT2D eigenvalue weighted by Crippen LogP contribution is -3.14. The van der Waals surface area contributed by atoms with E-state index in [1.54, 1.807) is 0 Å². The third kappa shape index (κ3) is 3.18. The van der Waals surface area contributed by atoms with E-state index in [4.69, 9.17) is 0 Å². The lowest BCUT2D eigenvalue weighted by atomic mass is 9.82. The summed E-state index contributed by atoms with van der Waals surface area (Å²) in [6, 6.07) is 9.42. The van der Waals surface area contributed by atoms with Crippen LogP contribution < -0.4 is 10.2 Å². The van der Waals surface area contributed by atoms with Gasteiger partial charge in [0, 0.05) is 0 Å². The monoisotopic (exact) mass is 330 g/mol. The van der Waals surface area contributed by atoms with Gasteiger partial charge in [0.1, 0.15) is 5.54 Å². The molecule has 2 heterocycles. The van der Waals surface area contributed by atoms with E-state index in [0.29, 0.717) is 19.0 Å². The minimum atomic E-state index is -0.915. The van der Waals surface area contributed by atoms with Gasteiger partial charge in [0.15, 0.2) is 6.67 Å². The summed E-state index contributed by atoms with van der Waals surface area (Å²) in [4.78, 5) is 28.7. The molecule has 1 atom stereocenters. The van der Waals surface area contributed by atoms with E-state index < -0.39 is 5.54 Å². The van der Waals surface area contributed by atoms with Crippen LogP contribution in [0, 0.1) is 5.92 Å². The first-order valence-electron chi connectivity index (χ1n) is 9.06. The maximum atomic E-state index is 13.3. The van der Waals surface area contributed by atoms with Crippen molar-refractivity contribution < 1.29 is 14.5 Å². The molecule has 5 heteroatoms. The number of likely N-dealkylation sites (tertiary alicyclic amines) is 1. The first kappa shape index (κ1) is 17.0. The van der Waals surface area contributed by atoms with Gasteiger partial charge < -0.3 is 10.2 Å². The molecule has 2 aliphatic heterocycles. The van der Waals surface area contributed by atoms with Crippen LogP contribution in [0.25, 0.3) is 0 Å². The number of hydrogen-bond acceptors (Lipinski definition) is 2. The highest BCUT2D eigenvalue weighted by molar-refractivity contribution is 6.07. The number of piperidine rings is 1. The van der Waals surface area contributed by atoms with Gasteiger partial charge in [-0.05, 0) is 37.2 Å². The number of urea groups is 1. The number of nitrogens with one attached hydrogen (secondary N) is 2. The van der Waals surface area contributed by atoms with Crippen LogP contribution in [0.3, 0.4) is 0 Å². The molecule has 0 radical (unpaired) electrons. The highest BCUT2D eigenvalue weighted by atomic mass is 16.2. The molecule has 0 aromatic heterocycles. The average molecular weight is 330 g/mol. The van der Waals surface area contributed by atoms with E-state index in [1.807, 2.05) is 30.3 Å². The standard InChI is InChI=1S/C19H27N3O2/c1-15(2)13-19(16-9-5-3-6-10-16)17(23)22(18(24)20-19)14-21-11-7-4-8-12-21/h3,5-6,9-10,15H,4,7-8,11-14H2,1-2H3,(H,20,24)/p+1/t19-/m1/s1. The van der Waals surface area contributed by atoms with Crippen molar-refractivity contribution in [3.63, 3.8) is 0 Å². The summed E-state index contributed by atoms with van der Waals surface area (Å²) in [5, 5.41) is 3.03. The second-order valence-electron chi connectivity index (χ2n) is 7.50. The fourth-order valence-electron chi connectivity index (χ4n) is 3.99. The summed E-state index contributed by atoms with van der Waals surface area (Å²) < 4.78 is 0. The van der Waals surface area contributed by atoms with Gasteiger partial charge in [-0.25, -0.2) is 9.69 Å². The molecule has 0 aliphatic carbocycles. The molecule has 0 spiro atoms. The summed E-state index contributed by atoms with van der Waals surface area (Å²) >= 11 is 0. The Balaban J connectivity index is 1.87. The van der Waals surface area contributed by atoms with Gasteiger partial charge in [0.2, 0.25) is 0 Å². The van der Waals surface area contributed by atoms with E-state index in [9.17, 15) is 9.59 Å². The molecule has 3 amide bonds. The van der Waals surface area contributed by atoms with E-state index in [-0.39, 0.29) is 11.9 Å². The van der Waals surface area contributed by atoms with Crippen molar-refractivity contribution in [2.45, 2.75) is 45.1 Å². The number of amides is 3. The summed E-state index contributed by atoms with van der Waals surface area (Å²) in [6.07, 6.45) is 4.22. The zero-order valence-electron chi connectivity index (χ0n) is 14.7. The minimum absolute atomic E-state index is 0.0922. The lowest BCUT2D eigenvalue weighted by molar-refractivity contribution is -0.912. The van der Waals surface area contributed by atoms with Crippen LogP contribution >= 0.6 is 0 Å². The number of nitrogens with zero attached hydrogens (tertiary/aromatic N) is 1. The number of carbonyl (C=O) groups excluding carboxylic acids is 2. The largest absolute Gasteiger partial charge is 0.329 e. The molecule has 0 bridgehead atoms. The molecule has 3 rings (SSSR count). The van der Waals surface area contributed by atoms with Crippen molar-refractivity contribution in [2.24, 2.45) is 5.92 Å². The van der Waals surface area contributed by atoms with Crippen LogP contribution in [0.15, 0.2) is 30.3 Å². The first-order chi connectivity index (χ1) is 11.5. The van der Waals surface area contributed by atoms with Crippen molar-refractivity contribution in [3.05, 3.63) is 35.9 Å². The topological polar surface area (TPSA) is 53.9 Å². The molecule has 0 saturated carbocycles. The number of quaternary nitrogens is 1. The molecular weight excluding hydrogens is 302 g/mol. The molecule has 0 unspecified atom stereocenters. The van der Waals surface area contributed by atoms with Crippen LogP contribution in [-0.2, 0) is 10.3 Å². The Morgan fingerprint density at radius 1 is 1.12 bits per heavy atom. The van der Waals surface area contributed by atoms with Crippen molar-refractivity contribution in [1.82, 2.24) is 10.2 Å². The van der Waals surface area contributed by atoms with Crippen LogP contribution in [0.1, 0.15) is 45.1 Å². The Bertz CT molecular complexity index is 596. The number of benzene rings is 1. The molecule has 2 saturated heterocycles. The third-order valence-electron chi connectivity index (χ3n) is 5.10. The van der Waals surface area contributed by atoms with Crippen LogP contribution in [0.4, 0.5) is 4.79 Å². The van der Waals surface area contributed by atoms with Crippen molar-refractivity contribution in [2.75, 3.05) is 19.8 Å². The predicted octanol–water partition coefficient (Wildman–Crippen LogP) is 1.51. The second kappa shape index (κ2) is 6.93. The van der Waals surface area contributed by atoms with Crippen molar-refractivity contribution in [1.29, 1.82) is 0 Å². The molecule has 130 valence electrons. The van der Waals surface area contributed by atoms with Gasteiger partial charge in [-0.2, -0.15) is 0 Å². The molecule has 5 nitrogen and oxygen atoms in total. The molecule has 2 fully saturated rings. The molecule has 2 aliphatic rings. The van der Waals surface area contributed by atoms with Crippen LogP contribution in [0.5, 0.6) is 0 Å². The van der Waals surface area contributed by atoms with Gasteiger partial charge in [-0.15, -0.1) is 0 Å². The fraction of sp³-hybridized carbons (Fsp3) is 0.579. The van der Waals surface area contributed by atoms with Crippen molar-refractivity contribution in [3.8, 4) is 0 Å². The lowest BCUT2D eigenvalue weighted by Gasteiger charge is -2.30. The summed E-state index contributed by atoms with van der Waals surface area (Å²) in [5.41, 5.74) is -0.0324. The van der Waals surface area contributed by atoms with Crippen LogP contribution in [0.2, 0.25) is 0 Å². The zero-order chi connectivity index (χ0) is 17.2. The summed E-state index contributed by atoms with van der Waals surface area (Å²) in [6.45, 7) is 6.74. The number of hydrogen-bond donors (Lipinski definition) is 2. The Labute approximate surface area is 144 Å². The third-order valence-corrected chi connectivity index (χ3v) is 5.10. The van der Waals surface area contributed by atoms with Gasteiger partial charge in [-0.3, -0.25) is 4.79 Å². The van der Waals surface area contributed by atoms with Crippen molar-refractivity contribution >= 4 is 11.9 Å². The second-order valence-corrected chi connectivity index (χ2v) is 7.50. The van der Waals surface area contributed by atoms with Gasteiger partial charge >= 0.3 is 6.03 Å². The first-order valence-corrected chi connectivity index (χ1v) is 9.06. The molecule has 2 N–H and O–H groups in total. The number of imide groups is 1. The molecule has 1 aromatic carbocycles. The Hall–Kier alpha value is -1.88. The quantitative estimate of drug-likeness (QED) is 0.804. The summed E-state index contributed by atoms with van der Waals surface area (Å²) in [7, 11) is 0. The van der Waals surface area contributed by atoms with Gasteiger partial charge in [0.25, 0.3) is 5.91 Å². The molecule has 24 heavy (non-hydrogen) atoms. The average Bonchev–Trinajstić information content (AvgIpc) is 2.81. The highest BCUT2D eigenvalue weighted by Gasteiger charge is 2.53. The number of carbonyl (C=O) groups is 2. The van der Waals surface area contributed by atoms with Crippen LogP contribution in [-0.4, -0.2) is 36.6 Å². The van der Waals surface area contributed by atoms with E-state index in [2.05, 4.69) is 19.2 Å². The van der Waals surface area contributed by atoms with Gasteiger partial charge in [-0.1, -0.05) is 44.2 Å². The Morgan fingerprint density at radius 3 is 2.42 bits per heavy atom. The minimum Gasteiger partial charge on any atom is -0.319 e. The highest BCUT2D eigenvalue weighted by Crippen LogP contribution is 2.34. The van der Waals surface area contributed by atoms with E-state index >= 15 is 0 Å². The maximum Gasteiger partial charge on any atom is 0.329 e. The normalized spacial score (nSPS) is 25.4. The smallest absolute Gasteiger partial charge is 0.319 e. The SMILES string of the molecule is CC(C)C[C@]1(c2ccccc2)NC(=O)N(C[NH+]2CCCCC2)C1=O. The van der Waals surface area contributed by atoms with E-state index in [1.165, 1.54) is 29.1 Å².